The van der Waals surface area contributed by atoms with E-state index in [4.69, 9.17) is 5.84 Å². The number of nitrogens with zero attached hydrogens (tertiary/aromatic N) is 1. The number of hydrogen-bond donors (Lipinski definition) is 3. The predicted octanol–water partition coefficient (Wildman–Crippen LogP) is 1.62. The van der Waals surface area contributed by atoms with E-state index < -0.39 is 10.0 Å². The molecule has 1 aliphatic rings. The maximum absolute atomic E-state index is 12.2. The van der Waals surface area contributed by atoms with Crippen LogP contribution in [0.25, 0.3) is 0 Å². The van der Waals surface area contributed by atoms with E-state index in [9.17, 15) is 8.42 Å². The lowest BCUT2D eigenvalue weighted by Crippen LogP contribution is -2.28. The van der Waals surface area contributed by atoms with Crippen LogP contribution in [-0.4, -0.2) is 19.9 Å². The summed E-state index contributed by atoms with van der Waals surface area (Å²) in [5, 5.41) is 0. The van der Waals surface area contributed by atoms with E-state index in [0.29, 0.717) is 18.2 Å². The maximum atomic E-state index is 12.2. The summed E-state index contributed by atoms with van der Waals surface area (Å²) in [5.41, 5.74) is 2.73. The smallest absolute Gasteiger partial charge is 0.244 e. The second kappa shape index (κ2) is 7.01. The molecule has 0 radical (unpaired) electrons. The van der Waals surface area contributed by atoms with E-state index in [1.54, 1.807) is 0 Å². The zero-order valence-corrected chi connectivity index (χ0v) is 12.3. The molecular formula is C13H22N4O2S. The van der Waals surface area contributed by atoms with Gasteiger partial charge in [-0.25, -0.2) is 13.1 Å². The molecule has 0 amide bonds. The van der Waals surface area contributed by atoms with Gasteiger partial charge in [0.1, 0.15) is 4.90 Å². The average molecular weight is 298 g/mol. The molecule has 0 atom stereocenters. The van der Waals surface area contributed by atoms with Gasteiger partial charge in [-0.05, 0) is 18.4 Å². The summed E-state index contributed by atoms with van der Waals surface area (Å²) in [6.07, 6.45) is 9.96. The number of sulfonamides is 1. The summed E-state index contributed by atoms with van der Waals surface area (Å²) in [4.78, 5) is 3.93. The molecule has 1 saturated carbocycles. The van der Waals surface area contributed by atoms with Gasteiger partial charge >= 0.3 is 0 Å². The normalized spacial score (nSPS) is 17.1. The first-order valence-corrected chi connectivity index (χ1v) is 8.52. The Kier molecular flexibility index (Phi) is 5.33. The highest BCUT2D eigenvalue weighted by Gasteiger charge is 2.19. The third kappa shape index (κ3) is 3.91. The van der Waals surface area contributed by atoms with Crippen molar-refractivity contribution < 1.29 is 8.42 Å². The fraction of sp³-hybridized carbons (Fsp3) is 0.615. The van der Waals surface area contributed by atoms with Crippen molar-refractivity contribution in [2.75, 3.05) is 12.0 Å². The number of pyridine rings is 1. The summed E-state index contributed by atoms with van der Waals surface area (Å²) in [7, 11) is -3.56. The van der Waals surface area contributed by atoms with Gasteiger partial charge in [-0.1, -0.05) is 32.1 Å². The number of anilines is 1. The molecule has 4 N–H and O–H groups in total. The van der Waals surface area contributed by atoms with E-state index in [0.717, 1.165) is 6.42 Å². The molecule has 0 saturated heterocycles. The first-order chi connectivity index (χ1) is 9.63. The molecule has 0 aliphatic heterocycles. The summed E-state index contributed by atoms with van der Waals surface area (Å²) >= 11 is 0. The molecule has 20 heavy (non-hydrogen) atoms. The Hall–Kier alpha value is -1.18. The van der Waals surface area contributed by atoms with Gasteiger partial charge in [0.05, 0.1) is 5.69 Å². The van der Waals surface area contributed by atoms with Crippen molar-refractivity contribution >= 4 is 15.7 Å². The maximum Gasteiger partial charge on any atom is 0.244 e. The molecule has 1 aliphatic carbocycles. The minimum absolute atomic E-state index is 0.0890. The van der Waals surface area contributed by atoms with Crippen molar-refractivity contribution in [2.45, 2.75) is 43.4 Å². The number of hydrogen-bond acceptors (Lipinski definition) is 5. The molecule has 1 aromatic heterocycles. The van der Waals surface area contributed by atoms with Crippen LogP contribution in [0.1, 0.15) is 38.5 Å². The number of nitrogen functional groups attached to an aromatic ring is 1. The van der Waals surface area contributed by atoms with Crippen molar-refractivity contribution in [3.05, 3.63) is 18.5 Å². The van der Waals surface area contributed by atoms with Crippen LogP contribution in [0.15, 0.2) is 23.4 Å². The van der Waals surface area contributed by atoms with Gasteiger partial charge in [0, 0.05) is 18.9 Å². The summed E-state index contributed by atoms with van der Waals surface area (Å²) in [6.45, 7) is 0.464. The monoisotopic (exact) mass is 298 g/mol. The third-order valence-corrected chi connectivity index (χ3v) is 5.29. The van der Waals surface area contributed by atoms with Crippen molar-refractivity contribution in [3.63, 3.8) is 0 Å². The largest absolute Gasteiger partial charge is 0.323 e. The van der Waals surface area contributed by atoms with Gasteiger partial charge in [-0.3, -0.25) is 10.8 Å². The number of nitrogens with one attached hydrogen (secondary N) is 2. The van der Waals surface area contributed by atoms with Gasteiger partial charge in [0.2, 0.25) is 10.0 Å². The van der Waals surface area contributed by atoms with Crippen molar-refractivity contribution in [3.8, 4) is 0 Å². The van der Waals surface area contributed by atoms with Crippen molar-refractivity contribution in [2.24, 2.45) is 11.8 Å². The highest BCUT2D eigenvalue weighted by molar-refractivity contribution is 7.89. The van der Waals surface area contributed by atoms with E-state index in [-0.39, 0.29) is 4.90 Å². The van der Waals surface area contributed by atoms with Crippen molar-refractivity contribution in [1.29, 1.82) is 0 Å². The van der Waals surface area contributed by atoms with Crippen molar-refractivity contribution in [1.82, 2.24) is 9.71 Å². The first-order valence-electron chi connectivity index (χ1n) is 7.04. The molecular weight excluding hydrogens is 276 g/mol. The molecule has 1 fully saturated rings. The molecule has 0 aromatic carbocycles. The molecule has 1 heterocycles. The number of hydrazine groups is 1. The Morgan fingerprint density at radius 1 is 1.30 bits per heavy atom. The third-order valence-electron chi connectivity index (χ3n) is 3.80. The number of rotatable bonds is 6. The van der Waals surface area contributed by atoms with E-state index in [1.165, 1.54) is 50.6 Å². The second-order valence-electron chi connectivity index (χ2n) is 5.21. The van der Waals surface area contributed by atoms with Gasteiger partial charge in [-0.2, -0.15) is 0 Å². The summed E-state index contributed by atoms with van der Waals surface area (Å²) in [5.74, 6) is 5.97. The molecule has 1 aromatic rings. The Morgan fingerprint density at radius 2 is 2.05 bits per heavy atom. The SMILES string of the molecule is NNc1ccncc1S(=O)(=O)NCCC1CCCCC1. The minimum Gasteiger partial charge on any atom is -0.323 e. The number of nitrogens with two attached hydrogens (primary N) is 1. The van der Waals surface area contributed by atoms with Crippen LogP contribution in [0.2, 0.25) is 0 Å². The number of aromatic nitrogens is 1. The molecule has 7 heteroatoms. The van der Waals surface area contributed by atoms with Gasteiger partial charge < -0.3 is 5.43 Å². The minimum atomic E-state index is -3.56. The summed E-state index contributed by atoms with van der Waals surface area (Å²) in [6, 6.07) is 1.54. The van der Waals surface area contributed by atoms with Crippen LogP contribution in [0, 0.1) is 5.92 Å². The van der Waals surface area contributed by atoms with Crippen LogP contribution in [-0.2, 0) is 10.0 Å². The quantitative estimate of drug-likeness (QED) is 0.547. The van der Waals surface area contributed by atoms with Gasteiger partial charge in [-0.15, -0.1) is 0 Å². The predicted molar refractivity (Wildman–Crippen MR) is 78.4 cm³/mol. The van der Waals surface area contributed by atoms with Crippen LogP contribution >= 0.6 is 0 Å². The standard InChI is InChI=1S/C13H22N4O2S/c14-17-12-7-8-15-10-13(12)20(18,19)16-9-6-11-4-2-1-3-5-11/h7-8,10-11,16H,1-6,9,14H2,(H,15,17). The molecule has 6 nitrogen and oxygen atoms in total. The molecule has 0 spiro atoms. The summed E-state index contributed by atoms with van der Waals surface area (Å²) < 4.78 is 27.0. The van der Waals surface area contributed by atoms with Crippen LogP contribution in [0.3, 0.4) is 0 Å². The Bertz CT molecular complexity index is 527. The lowest BCUT2D eigenvalue weighted by atomic mass is 9.87. The highest BCUT2D eigenvalue weighted by atomic mass is 32.2. The fourth-order valence-corrected chi connectivity index (χ4v) is 3.82. The Labute approximate surface area is 120 Å². The fourth-order valence-electron chi connectivity index (χ4n) is 2.66. The second-order valence-corrected chi connectivity index (χ2v) is 6.94. The topological polar surface area (TPSA) is 97.1 Å². The molecule has 2 rings (SSSR count). The van der Waals surface area contributed by atoms with Crippen LogP contribution in [0.4, 0.5) is 5.69 Å². The molecule has 0 bridgehead atoms. The highest BCUT2D eigenvalue weighted by Crippen LogP contribution is 2.26. The lowest BCUT2D eigenvalue weighted by Gasteiger charge is -2.21. The Balaban J connectivity index is 1.93. The zero-order chi connectivity index (χ0) is 14.4. The first kappa shape index (κ1) is 15.2. The molecule has 112 valence electrons. The van der Waals surface area contributed by atoms with E-state index in [2.05, 4.69) is 15.1 Å². The van der Waals surface area contributed by atoms with Gasteiger partial charge in [0.25, 0.3) is 0 Å². The zero-order valence-electron chi connectivity index (χ0n) is 11.5. The average Bonchev–Trinajstić information content (AvgIpc) is 2.48. The van der Waals surface area contributed by atoms with E-state index >= 15 is 0 Å². The van der Waals surface area contributed by atoms with Gasteiger partial charge in [0.15, 0.2) is 0 Å². The molecule has 0 unspecified atom stereocenters. The lowest BCUT2D eigenvalue weighted by molar-refractivity contribution is 0.339. The van der Waals surface area contributed by atoms with Crippen LogP contribution in [0.5, 0.6) is 0 Å². The van der Waals surface area contributed by atoms with E-state index in [1.807, 2.05) is 0 Å². The Morgan fingerprint density at radius 3 is 2.75 bits per heavy atom. The van der Waals surface area contributed by atoms with Crippen LogP contribution < -0.4 is 16.0 Å².